The summed E-state index contributed by atoms with van der Waals surface area (Å²) in [5.74, 6) is -0.287. The van der Waals surface area contributed by atoms with Crippen LogP contribution in [0.3, 0.4) is 0 Å². The summed E-state index contributed by atoms with van der Waals surface area (Å²) in [5, 5.41) is 12.3. The van der Waals surface area contributed by atoms with Gasteiger partial charge in [0.05, 0.1) is 0 Å². The molecule has 1 nitrogen and oxygen atoms in total. The summed E-state index contributed by atoms with van der Waals surface area (Å²) in [7, 11) is 0. The van der Waals surface area contributed by atoms with E-state index in [4.69, 9.17) is 0 Å². The maximum Gasteiger partial charge on any atom is 0.126 e. The molecule has 0 amide bonds. The Labute approximate surface area is 112 Å². The molecule has 1 aromatic heterocycles. The van der Waals surface area contributed by atoms with Crippen LogP contribution in [0.15, 0.2) is 40.2 Å². The zero-order valence-corrected chi connectivity index (χ0v) is 11.7. The average molecular weight is 315 g/mol. The van der Waals surface area contributed by atoms with Crippen molar-refractivity contribution < 1.29 is 9.50 Å². The van der Waals surface area contributed by atoms with Crippen LogP contribution in [0.5, 0.6) is 0 Å². The predicted octanol–water partition coefficient (Wildman–Crippen LogP) is 4.10. The molecule has 0 aliphatic heterocycles. The molecule has 4 heteroatoms. The van der Waals surface area contributed by atoms with Gasteiger partial charge in [-0.2, -0.15) is 0 Å². The van der Waals surface area contributed by atoms with Crippen molar-refractivity contribution >= 4 is 27.3 Å². The molecule has 1 aromatic carbocycles. The lowest BCUT2D eigenvalue weighted by atomic mass is 9.95. The molecule has 1 N–H and O–H groups in total. The van der Waals surface area contributed by atoms with Crippen LogP contribution >= 0.6 is 27.3 Å². The summed E-state index contributed by atoms with van der Waals surface area (Å²) in [6, 6.07) is 8.51. The molecule has 1 atom stereocenters. The van der Waals surface area contributed by atoms with E-state index in [0.717, 1.165) is 9.35 Å². The van der Waals surface area contributed by atoms with Crippen molar-refractivity contribution in [2.75, 3.05) is 0 Å². The lowest BCUT2D eigenvalue weighted by molar-refractivity contribution is 0.0605. The maximum absolute atomic E-state index is 13.6. The molecule has 1 unspecified atom stereocenters. The first-order valence-electron chi connectivity index (χ1n) is 5.19. The second-order valence-corrected chi connectivity index (χ2v) is 6.03. The van der Waals surface area contributed by atoms with Crippen molar-refractivity contribution in [3.63, 3.8) is 0 Å². The minimum absolute atomic E-state index is 0.263. The van der Waals surface area contributed by atoms with E-state index in [0.29, 0.717) is 5.56 Å². The van der Waals surface area contributed by atoms with Crippen LogP contribution in [0, 0.1) is 5.82 Å². The Bertz CT molecular complexity index is 508. The second-order valence-electron chi connectivity index (χ2n) is 4.16. The summed E-state index contributed by atoms with van der Waals surface area (Å²) in [4.78, 5) is 0.844. The fourth-order valence-corrected chi connectivity index (χ4v) is 2.92. The topological polar surface area (TPSA) is 20.2 Å². The monoisotopic (exact) mass is 314 g/mol. The van der Waals surface area contributed by atoms with Gasteiger partial charge in [0.25, 0.3) is 0 Å². The first-order chi connectivity index (χ1) is 7.99. The Kier molecular flexibility index (Phi) is 3.66. The lowest BCUT2D eigenvalue weighted by Gasteiger charge is -2.22. The number of thiophene rings is 1. The molecular formula is C13H12BrFOS. The number of aliphatic hydroxyl groups is 1. The SMILES string of the molecule is CC(O)(Cc1cc(Br)ccc1F)c1cccs1. The van der Waals surface area contributed by atoms with Crippen molar-refractivity contribution in [2.24, 2.45) is 0 Å². The predicted molar refractivity (Wildman–Crippen MR) is 71.7 cm³/mol. The summed E-state index contributed by atoms with van der Waals surface area (Å²) in [6.07, 6.45) is 0.263. The summed E-state index contributed by atoms with van der Waals surface area (Å²) >= 11 is 4.78. The maximum atomic E-state index is 13.6. The molecule has 0 aliphatic rings. The van der Waals surface area contributed by atoms with Crippen molar-refractivity contribution in [3.05, 3.63) is 56.4 Å². The molecule has 0 bridgehead atoms. The Hall–Kier alpha value is -0.710. The highest BCUT2D eigenvalue weighted by Gasteiger charge is 2.26. The van der Waals surface area contributed by atoms with Gasteiger partial charge < -0.3 is 5.11 Å². The molecule has 0 saturated carbocycles. The molecule has 2 rings (SSSR count). The highest BCUT2D eigenvalue weighted by molar-refractivity contribution is 9.10. The number of hydrogen-bond acceptors (Lipinski definition) is 2. The van der Waals surface area contributed by atoms with E-state index in [2.05, 4.69) is 15.9 Å². The van der Waals surface area contributed by atoms with Crippen LogP contribution in [0.4, 0.5) is 4.39 Å². The van der Waals surface area contributed by atoms with Gasteiger partial charge in [0.2, 0.25) is 0 Å². The molecular weight excluding hydrogens is 303 g/mol. The van der Waals surface area contributed by atoms with Crippen LogP contribution in [0.1, 0.15) is 17.4 Å². The van der Waals surface area contributed by atoms with Gasteiger partial charge >= 0.3 is 0 Å². The highest BCUT2D eigenvalue weighted by atomic mass is 79.9. The van der Waals surface area contributed by atoms with Crippen molar-refractivity contribution in [2.45, 2.75) is 18.9 Å². The van der Waals surface area contributed by atoms with E-state index in [1.807, 2.05) is 17.5 Å². The van der Waals surface area contributed by atoms with Crippen molar-refractivity contribution in [1.29, 1.82) is 0 Å². The largest absolute Gasteiger partial charge is 0.384 e. The zero-order chi connectivity index (χ0) is 12.5. The van der Waals surface area contributed by atoms with E-state index in [1.54, 1.807) is 19.1 Å². The molecule has 0 radical (unpaired) electrons. The van der Waals surface area contributed by atoms with Gasteiger partial charge in [0, 0.05) is 15.8 Å². The molecule has 0 fully saturated rings. The van der Waals surface area contributed by atoms with Crippen LogP contribution in [-0.2, 0) is 12.0 Å². The average Bonchev–Trinajstić information content (AvgIpc) is 2.77. The quantitative estimate of drug-likeness (QED) is 0.904. The standard InChI is InChI=1S/C13H12BrFOS/c1-13(16,12-3-2-6-17-12)8-9-7-10(14)4-5-11(9)15/h2-7,16H,8H2,1H3. The molecule has 0 aliphatic carbocycles. The lowest BCUT2D eigenvalue weighted by Crippen LogP contribution is -2.23. The fourth-order valence-electron chi connectivity index (χ4n) is 1.72. The number of benzene rings is 1. The molecule has 0 spiro atoms. The van der Waals surface area contributed by atoms with Crippen molar-refractivity contribution in [3.8, 4) is 0 Å². The van der Waals surface area contributed by atoms with Crippen molar-refractivity contribution in [1.82, 2.24) is 0 Å². The van der Waals surface area contributed by atoms with Gasteiger partial charge in [-0.25, -0.2) is 4.39 Å². The summed E-state index contributed by atoms with van der Waals surface area (Å²) in [6.45, 7) is 1.71. The number of rotatable bonds is 3. The first kappa shape index (κ1) is 12.7. The minimum atomic E-state index is -1.03. The number of halogens is 2. The molecule has 2 aromatic rings. The first-order valence-corrected chi connectivity index (χ1v) is 6.86. The zero-order valence-electron chi connectivity index (χ0n) is 9.28. The summed E-state index contributed by atoms with van der Waals surface area (Å²) in [5.41, 5.74) is -0.520. The Morgan fingerprint density at radius 3 is 2.82 bits per heavy atom. The van der Waals surface area contributed by atoms with E-state index in [9.17, 15) is 9.50 Å². The van der Waals surface area contributed by atoms with Crippen LogP contribution < -0.4 is 0 Å². The van der Waals surface area contributed by atoms with Crippen LogP contribution in [0.2, 0.25) is 0 Å². The second kappa shape index (κ2) is 4.88. The fraction of sp³-hybridized carbons (Fsp3) is 0.231. The third-order valence-electron chi connectivity index (χ3n) is 2.59. The van der Waals surface area contributed by atoms with E-state index in [-0.39, 0.29) is 12.2 Å². The smallest absolute Gasteiger partial charge is 0.126 e. The van der Waals surface area contributed by atoms with Crippen LogP contribution in [-0.4, -0.2) is 5.11 Å². The summed E-state index contributed by atoms with van der Waals surface area (Å²) < 4.78 is 14.4. The van der Waals surface area contributed by atoms with Crippen LogP contribution in [0.25, 0.3) is 0 Å². The van der Waals surface area contributed by atoms with Gasteiger partial charge in [-0.05, 0) is 42.1 Å². The van der Waals surface area contributed by atoms with Gasteiger partial charge in [0.15, 0.2) is 0 Å². The molecule has 0 saturated heterocycles. The van der Waals surface area contributed by atoms with Gasteiger partial charge in [-0.1, -0.05) is 22.0 Å². The third kappa shape index (κ3) is 2.94. The van der Waals surface area contributed by atoms with Gasteiger partial charge in [0.1, 0.15) is 11.4 Å². The Morgan fingerprint density at radius 2 is 2.18 bits per heavy atom. The molecule has 1 heterocycles. The number of hydrogen-bond donors (Lipinski definition) is 1. The highest BCUT2D eigenvalue weighted by Crippen LogP contribution is 2.30. The van der Waals surface area contributed by atoms with Gasteiger partial charge in [-0.3, -0.25) is 0 Å². The normalized spacial score (nSPS) is 14.6. The third-order valence-corrected chi connectivity index (χ3v) is 4.21. The molecule has 17 heavy (non-hydrogen) atoms. The van der Waals surface area contributed by atoms with E-state index >= 15 is 0 Å². The Morgan fingerprint density at radius 1 is 1.41 bits per heavy atom. The minimum Gasteiger partial charge on any atom is -0.384 e. The van der Waals surface area contributed by atoms with Gasteiger partial charge in [-0.15, -0.1) is 11.3 Å². The van der Waals surface area contributed by atoms with E-state index < -0.39 is 5.60 Å². The molecule has 90 valence electrons. The van der Waals surface area contributed by atoms with E-state index in [1.165, 1.54) is 17.4 Å². The Balaban J connectivity index is 2.29.